The van der Waals surface area contributed by atoms with Crippen molar-refractivity contribution in [2.45, 2.75) is 32.9 Å². The second-order valence-electron chi connectivity index (χ2n) is 7.52. The normalized spacial score (nSPS) is 12.0. The number of rotatable bonds is 7. The summed E-state index contributed by atoms with van der Waals surface area (Å²) >= 11 is 0. The van der Waals surface area contributed by atoms with Crippen molar-refractivity contribution in [3.63, 3.8) is 0 Å². The summed E-state index contributed by atoms with van der Waals surface area (Å²) in [5, 5.41) is 14.2. The van der Waals surface area contributed by atoms with Crippen LogP contribution >= 0.6 is 0 Å². The number of benzene rings is 2. The van der Waals surface area contributed by atoms with E-state index in [1.807, 2.05) is 18.2 Å². The fourth-order valence-corrected chi connectivity index (χ4v) is 3.98. The average molecular weight is 395 g/mol. The highest BCUT2D eigenvalue weighted by Crippen LogP contribution is 2.41. The minimum atomic E-state index is 0.0622. The number of unbranched alkanes of at least 4 members (excludes halogenated alkanes) is 1. The number of aromatic nitrogens is 2. The highest BCUT2D eigenvalue weighted by Gasteiger charge is 2.24. The minimum absolute atomic E-state index is 0.0622. The molecule has 0 radical (unpaired) electrons. The molecule has 1 unspecified atom stereocenters. The van der Waals surface area contributed by atoms with Crippen molar-refractivity contribution < 1.29 is 0 Å². The van der Waals surface area contributed by atoms with Gasteiger partial charge < -0.3 is 4.57 Å². The van der Waals surface area contributed by atoms with Crippen LogP contribution in [-0.4, -0.2) is 16.1 Å². The maximum absolute atomic E-state index is 9.49. The number of nitriles is 1. The lowest BCUT2D eigenvalue weighted by Gasteiger charge is -2.21. The van der Waals surface area contributed by atoms with Gasteiger partial charge in [0.15, 0.2) is 0 Å². The van der Waals surface area contributed by atoms with Gasteiger partial charge in [0.2, 0.25) is 0 Å². The molecule has 0 saturated heterocycles. The quantitative estimate of drug-likeness (QED) is 0.382. The molecule has 4 heteroatoms. The van der Waals surface area contributed by atoms with E-state index in [-0.39, 0.29) is 6.17 Å². The molecule has 30 heavy (non-hydrogen) atoms. The van der Waals surface area contributed by atoms with Crippen LogP contribution in [0.15, 0.2) is 72.9 Å². The van der Waals surface area contributed by atoms with Gasteiger partial charge in [-0.1, -0.05) is 74.0 Å². The van der Waals surface area contributed by atoms with Crippen LogP contribution in [0.5, 0.6) is 0 Å². The summed E-state index contributed by atoms with van der Waals surface area (Å²) in [5.41, 5.74) is 5.96. The molecule has 0 spiro atoms. The Kier molecular flexibility index (Phi) is 5.92. The van der Waals surface area contributed by atoms with Crippen molar-refractivity contribution in [1.29, 1.82) is 5.26 Å². The Morgan fingerprint density at radius 2 is 1.70 bits per heavy atom. The standard InChI is InChI=1S/C26H26N4/c1-3-4-15-28-19(2)30-25(22-13-9-6-10-14-22)24(21-11-7-5-8-12-21)23-16-20(17-27)18-29-26(23)30/h5-14,16,18-19,28H,3-4,15H2,1-2H3. The van der Waals surface area contributed by atoms with Gasteiger partial charge in [0.1, 0.15) is 11.7 Å². The van der Waals surface area contributed by atoms with Crippen LogP contribution in [0.2, 0.25) is 0 Å². The number of pyridine rings is 1. The molecule has 0 aliphatic heterocycles. The molecule has 0 aliphatic rings. The molecule has 0 saturated carbocycles. The summed E-state index contributed by atoms with van der Waals surface area (Å²) in [4.78, 5) is 4.73. The first kappa shape index (κ1) is 19.9. The summed E-state index contributed by atoms with van der Waals surface area (Å²) in [6, 6.07) is 25.0. The van der Waals surface area contributed by atoms with E-state index in [2.05, 4.69) is 78.3 Å². The van der Waals surface area contributed by atoms with Crippen LogP contribution in [0.1, 0.15) is 38.4 Å². The first-order valence-electron chi connectivity index (χ1n) is 10.5. The lowest BCUT2D eigenvalue weighted by Crippen LogP contribution is -2.25. The molecule has 2 heterocycles. The maximum atomic E-state index is 9.49. The molecule has 1 atom stereocenters. The second-order valence-corrected chi connectivity index (χ2v) is 7.52. The zero-order valence-electron chi connectivity index (χ0n) is 17.5. The number of fused-ring (bicyclic) bond motifs is 1. The van der Waals surface area contributed by atoms with Gasteiger partial charge in [-0.3, -0.25) is 5.32 Å². The Bertz CT molecular complexity index is 1170. The fraction of sp³-hybridized carbons (Fsp3) is 0.231. The van der Waals surface area contributed by atoms with Gasteiger partial charge >= 0.3 is 0 Å². The maximum Gasteiger partial charge on any atom is 0.142 e. The Morgan fingerprint density at radius 3 is 2.33 bits per heavy atom. The van der Waals surface area contributed by atoms with Crippen molar-refractivity contribution in [1.82, 2.24) is 14.9 Å². The number of hydrogen-bond donors (Lipinski definition) is 1. The SMILES string of the molecule is CCCCNC(C)n1c(-c2ccccc2)c(-c2ccccc2)c2cc(C#N)cnc21. The summed E-state index contributed by atoms with van der Waals surface area (Å²) in [6.07, 6.45) is 4.01. The lowest BCUT2D eigenvalue weighted by atomic mass is 9.98. The van der Waals surface area contributed by atoms with Crippen LogP contribution in [0.25, 0.3) is 33.4 Å². The number of hydrogen-bond acceptors (Lipinski definition) is 3. The Morgan fingerprint density at radius 1 is 1.03 bits per heavy atom. The topological polar surface area (TPSA) is 53.6 Å². The molecule has 1 N–H and O–H groups in total. The first-order valence-corrected chi connectivity index (χ1v) is 10.5. The molecule has 0 fully saturated rings. The van der Waals surface area contributed by atoms with Crippen LogP contribution in [-0.2, 0) is 0 Å². The molecular weight excluding hydrogens is 368 g/mol. The molecule has 4 aromatic rings. The van der Waals surface area contributed by atoms with E-state index in [4.69, 9.17) is 4.98 Å². The van der Waals surface area contributed by atoms with E-state index in [1.54, 1.807) is 6.20 Å². The third-order valence-corrected chi connectivity index (χ3v) is 5.44. The molecule has 0 bridgehead atoms. The van der Waals surface area contributed by atoms with Crippen molar-refractivity contribution in [2.75, 3.05) is 6.54 Å². The Hall–Kier alpha value is -3.42. The molecule has 2 aromatic carbocycles. The first-order chi connectivity index (χ1) is 14.7. The minimum Gasteiger partial charge on any atom is -0.309 e. The lowest BCUT2D eigenvalue weighted by molar-refractivity contribution is 0.444. The van der Waals surface area contributed by atoms with Crippen molar-refractivity contribution in [2.24, 2.45) is 0 Å². The molecule has 4 nitrogen and oxygen atoms in total. The zero-order chi connectivity index (χ0) is 20.9. The van der Waals surface area contributed by atoms with E-state index in [1.165, 1.54) is 0 Å². The highest BCUT2D eigenvalue weighted by atomic mass is 15.2. The average Bonchev–Trinajstić information content (AvgIpc) is 3.14. The van der Waals surface area contributed by atoms with Gasteiger partial charge in [0.25, 0.3) is 0 Å². The predicted molar refractivity (Wildman–Crippen MR) is 123 cm³/mol. The summed E-state index contributed by atoms with van der Waals surface area (Å²) in [5.74, 6) is 0. The molecule has 2 aromatic heterocycles. The third kappa shape index (κ3) is 3.72. The van der Waals surface area contributed by atoms with Crippen molar-refractivity contribution in [3.8, 4) is 28.5 Å². The van der Waals surface area contributed by atoms with Gasteiger partial charge in [-0.25, -0.2) is 4.98 Å². The highest BCUT2D eigenvalue weighted by molar-refractivity contribution is 6.03. The van der Waals surface area contributed by atoms with E-state index >= 15 is 0 Å². The largest absolute Gasteiger partial charge is 0.309 e. The van der Waals surface area contributed by atoms with Gasteiger partial charge in [-0.15, -0.1) is 0 Å². The Labute approximate surface area is 177 Å². The zero-order valence-corrected chi connectivity index (χ0v) is 17.5. The van der Waals surface area contributed by atoms with Crippen LogP contribution in [0.4, 0.5) is 0 Å². The second kappa shape index (κ2) is 8.94. The molecule has 4 rings (SSSR count). The van der Waals surface area contributed by atoms with Gasteiger partial charge in [-0.05, 0) is 37.1 Å². The predicted octanol–water partition coefficient (Wildman–Crippen LogP) is 6.15. The van der Waals surface area contributed by atoms with E-state index in [0.29, 0.717) is 5.56 Å². The number of nitrogens with zero attached hydrogens (tertiary/aromatic N) is 3. The monoisotopic (exact) mass is 394 g/mol. The van der Waals surface area contributed by atoms with Crippen LogP contribution in [0.3, 0.4) is 0 Å². The molecule has 0 aliphatic carbocycles. The summed E-state index contributed by atoms with van der Waals surface area (Å²) in [7, 11) is 0. The third-order valence-electron chi connectivity index (χ3n) is 5.44. The van der Waals surface area contributed by atoms with Crippen LogP contribution in [0, 0.1) is 11.3 Å². The Balaban J connectivity index is 2.04. The summed E-state index contributed by atoms with van der Waals surface area (Å²) < 4.78 is 2.28. The fourth-order valence-electron chi connectivity index (χ4n) is 3.98. The molecule has 0 amide bonds. The van der Waals surface area contributed by atoms with E-state index in [0.717, 1.165) is 52.8 Å². The van der Waals surface area contributed by atoms with Crippen molar-refractivity contribution in [3.05, 3.63) is 78.5 Å². The van der Waals surface area contributed by atoms with Gasteiger partial charge in [0.05, 0.1) is 17.4 Å². The van der Waals surface area contributed by atoms with E-state index in [9.17, 15) is 5.26 Å². The number of nitrogens with one attached hydrogen (secondary N) is 1. The van der Waals surface area contributed by atoms with Crippen molar-refractivity contribution >= 4 is 11.0 Å². The van der Waals surface area contributed by atoms with E-state index < -0.39 is 0 Å². The molecule has 150 valence electrons. The van der Waals surface area contributed by atoms with Gasteiger partial charge in [0, 0.05) is 17.1 Å². The molecular formula is C26H26N4. The smallest absolute Gasteiger partial charge is 0.142 e. The van der Waals surface area contributed by atoms with Crippen LogP contribution < -0.4 is 5.32 Å². The van der Waals surface area contributed by atoms with Gasteiger partial charge in [-0.2, -0.15) is 5.26 Å². The summed E-state index contributed by atoms with van der Waals surface area (Å²) in [6.45, 7) is 5.32.